The number of amidine groups is 1. The third-order valence-corrected chi connectivity index (χ3v) is 6.98. The van der Waals surface area contributed by atoms with Gasteiger partial charge < -0.3 is 20.7 Å². The maximum absolute atomic E-state index is 13.4. The minimum Gasteiger partial charge on any atom is -0.380 e. The predicted molar refractivity (Wildman–Crippen MR) is 143 cm³/mol. The van der Waals surface area contributed by atoms with E-state index < -0.39 is 24.0 Å². The number of rotatable bonds is 8. The van der Waals surface area contributed by atoms with Gasteiger partial charge in [-0.25, -0.2) is 9.98 Å². The number of hydrogen-bond donors (Lipinski definition) is 2. The molecule has 12 heteroatoms. The topological polar surface area (TPSA) is 96.1 Å². The van der Waals surface area contributed by atoms with Gasteiger partial charge in [-0.1, -0.05) is 24.3 Å². The number of anilines is 1. The van der Waals surface area contributed by atoms with Crippen LogP contribution in [0.3, 0.4) is 0 Å². The van der Waals surface area contributed by atoms with Gasteiger partial charge in [-0.3, -0.25) is 9.69 Å². The highest BCUT2D eigenvalue weighted by molar-refractivity contribution is 6.35. The first kappa shape index (κ1) is 27.9. The molecule has 38 heavy (non-hydrogen) atoms. The number of carbonyl (C=O) groups excluding carboxylic acids is 1. The van der Waals surface area contributed by atoms with Gasteiger partial charge in [-0.2, -0.15) is 13.2 Å². The monoisotopic (exact) mass is 550 g/mol. The lowest BCUT2D eigenvalue weighted by atomic mass is 10.0. The largest absolute Gasteiger partial charge is 0.448 e. The number of nitrogens with two attached hydrogens (primary N) is 1. The molecule has 4 rings (SSSR count). The molecule has 0 spiro atoms. The Morgan fingerprint density at radius 3 is 2.58 bits per heavy atom. The van der Waals surface area contributed by atoms with Gasteiger partial charge in [0.2, 0.25) is 5.84 Å². The summed E-state index contributed by atoms with van der Waals surface area (Å²) in [6, 6.07) is 6.65. The number of pyridine rings is 1. The van der Waals surface area contributed by atoms with Gasteiger partial charge in [0.1, 0.15) is 5.82 Å². The van der Waals surface area contributed by atoms with Crippen LogP contribution in [0.2, 0.25) is 5.02 Å². The van der Waals surface area contributed by atoms with Gasteiger partial charge in [-0.15, -0.1) is 0 Å². The van der Waals surface area contributed by atoms with E-state index in [1.807, 2.05) is 17.0 Å². The number of hydrogen-bond acceptors (Lipinski definition) is 6. The summed E-state index contributed by atoms with van der Waals surface area (Å²) in [5.41, 5.74) is 6.38. The fraction of sp³-hybridized carbons (Fsp3) is 0.423. The Balaban J connectivity index is 1.59. The molecule has 1 amide bonds. The molecular formula is C26H30ClF3N6O2. The van der Waals surface area contributed by atoms with Crippen LogP contribution in [0.15, 0.2) is 53.7 Å². The van der Waals surface area contributed by atoms with Crippen molar-refractivity contribution in [1.82, 2.24) is 15.2 Å². The number of benzene rings is 1. The molecule has 0 saturated carbocycles. The first-order chi connectivity index (χ1) is 18.2. The van der Waals surface area contributed by atoms with Gasteiger partial charge in [0.15, 0.2) is 0 Å². The molecule has 1 aromatic carbocycles. The highest BCUT2D eigenvalue weighted by atomic mass is 35.5. The number of morpholine rings is 1. The molecule has 0 bridgehead atoms. The fourth-order valence-corrected chi connectivity index (χ4v) is 4.89. The number of nitrogens with zero attached hydrogens (tertiary/aromatic N) is 4. The maximum Gasteiger partial charge on any atom is 0.448 e. The lowest BCUT2D eigenvalue weighted by molar-refractivity contribution is -0.0598. The standard InChI is InChI=1S/C26H30ClF3N6O2/c1-2-17(15-33-25(31)26(28,29)30)21(35-11-13-38-14-12-35)16-32-24(37)23-18-5-8-22(36-9-3-4-10-36)34-20(18)7-6-19(23)27/h2,5-8,15,21H,1,3-4,9-14,16H2,(H2,31,33)(H,32,37)/b17-15+. The van der Waals surface area contributed by atoms with Gasteiger partial charge in [0.25, 0.3) is 5.91 Å². The van der Waals surface area contributed by atoms with Crippen molar-refractivity contribution in [3.63, 3.8) is 0 Å². The van der Waals surface area contributed by atoms with Crippen molar-refractivity contribution in [1.29, 1.82) is 0 Å². The molecule has 1 aromatic heterocycles. The lowest BCUT2D eigenvalue weighted by Crippen LogP contribution is -2.49. The van der Waals surface area contributed by atoms with E-state index in [2.05, 4.69) is 21.8 Å². The summed E-state index contributed by atoms with van der Waals surface area (Å²) in [4.78, 5) is 25.7. The molecule has 2 aliphatic heterocycles. The Morgan fingerprint density at radius 2 is 1.92 bits per heavy atom. The van der Waals surface area contributed by atoms with E-state index >= 15 is 0 Å². The Labute approximate surface area is 224 Å². The Hall–Kier alpha value is -3.15. The van der Waals surface area contributed by atoms with Crippen LogP contribution < -0.4 is 16.0 Å². The quantitative estimate of drug-likeness (QED) is 0.294. The summed E-state index contributed by atoms with van der Waals surface area (Å²) in [6.07, 6.45) is -0.0642. The second kappa shape index (κ2) is 12.1. The average Bonchev–Trinajstić information content (AvgIpc) is 3.45. The van der Waals surface area contributed by atoms with E-state index in [1.165, 1.54) is 6.08 Å². The maximum atomic E-state index is 13.4. The summed E-state index contributed by atoms with van der Waals surface area (Å²) >= 11 is 6.45. The number of amides is 1. The van der Waals surface area contributed by atoms with Crippen LogP contribution in [0.5, 0.6) is 0 Å². The molecule has 0 radical (unpaired) electrons. The number of halogens is 4. The summed E-state index contributed by atoms with van der Waals surface area (Å²) in [5.74, 6) is -1.03. The molecule has 1 atom stereocenters. The van der Waals surface area contributed by atoms with Crippen LogP contribution in [-0.2, 0) is 4.74 Å². The zero-order chi connectivity index (χ0) is 27.3. The number of aliphatic imine (C=N–C) groups is 1. The summed E-state index contributed by atoms with van der Waals surface area (Å²) in [6.45, 7) is 7.62. The van der Waals surface area contributed by atoms with E-state index in [-0.39, 0.29) is 17.1 Å². The highest BCUT2D eigenvalue weighted by Crippen LogP contribution is 2.28. The molecule has 2 saturated heterocycles. The molecular weight excluding hydrogens is 521 g/mol. The molecule has 3 N–H and O–H groups in total. The van der Waals surface area contributed by atoms with Crippen LogP contribution in [0.1, 0.15) is 23.2 Å². The van der Waals surface area contributed by atoms with Crippen LogP contribution in [0.25, 0.3) is 10.9 Å². The zero-order valence-corrected chi connectivity index (χ0v) is 21.6. The van der Waals surface area contributed by atoms with Crippen LogP contribution in [0.4, 0.5) is 19.0 Å². The number of nitrogens with one attached hydrogen (secondary N) is 1. The van der Waals surface area contributed by atoms with E-state index in [0.717, 1.165) is 37.9 Å². The molecule has 0 aliphatic carbocycles. The first-order valence-electron chi connectivity index (χ1n) is 12.4. The van der Waals surface area contributed by atoms with Crippen molar-refractivity contribution in [2.75, 3.05) is 50.8 Å². The Bertz CT molecular complexity index is 1240. The van der Waals surface area contributed by atoms with Gasteiger partial charge in [-0.05, 0) is 42.7 Å². The van der Waals surface area contributed by atoms with E-state index in [9.17, 15) is 18.0 Å². The predicted octanol–water partition coefficient (Wildman–Crippen LogP) is 3.91. The van der Waals surface area contributed by atoms with Crippen molar-refractivity contribution in [3.8, 4) is 0 Å². The lowest BCUT2D eigenvalue weighted by Gasteiger charge is -2.35. The van der Waals surface area contributed by atoms with Crippen molar-refractivity contribution in [3.05, 3.63) is 59.3 Å². The zero-order valence-electron chi connectivity index (χ0n) is 20.8. The summed E-state index contributed by atoms with van der Waals surface area (Å²) < 4.78 is 44.0. The van der Waals surface area contributed by atoms with Crippen molar-refractivity contribution >= 4 is 40.1 Å². The molecule has 8 nitrogen and oxygen atoms in total. The molecule has 2 fully saturated rings. The van der Waals surface area contributed by atoms with Crippen LogP contribution >= 0.6 is 11.6 Å². The van der Waals surface area contributed by atoms with Crippen LogP contribution in [-0.4, -0.2) is 79.8 Å². The normalized spacial score (nSPS) is 18.6. The van der Waals surface area contributed by atoms with Crippen molar-refractivity contribution in [2.24, 2.45) is 10.7 Å². The fourth-order valence-electron chi connectivity index (χ4n) is 4.64. The SMILES string of the molecule is C=C/C(=C\N=C(N)C(F)(F)F)C(CNC(=O)c1c(Cl)ccc2nc(N3CCCC3)ccc12)N1CCOCC1. The third kappa shape index (κ3) is 6.46. The van der Waals surface area contributed by atoms with Crippen molar-refractivity contribution in [2.45, 2.75) is 25.1 Å². The average molecular weight is 551 g/mol. The number of aromatic nitrogens is 1. The summed E-state index contributed by atoms with van der Waals surface area (Å²) in [7, 11) is 0. The molecule has 1 unspecified atom stereocenters. The second-order valence-electron chi connectivity index (χ2n) is 9.07. The van der Waals surface area contributed by atoms with Gasteiger partial charge in [0.05, 0.1) is 35.4 Å². The minimum atomic E-state index is -4.75. The number of ether oxygens (including phenoxy) is 1. The van der Waals surface area contributed by atoms with E-state index in [0.29, 0.717) is 42.8 Å². The molecule has 3 heterocycles. The van der Waals surface area contributed by atoms with E-state index in [4.69, 9.17) is 27.1 Å². The van der Waals surface area contributed by atoms with Crippen molar-refractivity contribution < 1.29 is 22.7 Å². The van der Waals surface area contributed by atoms with Crippen LogP contribution in [0, 0.1) is 0 Å². The number of carbonyl (C=O) groups is 1. The number of alkyl halides is 3. The summed E-state index contributed by atoms with van der Waals surface area (Å²) in [5, 5.41) is 3.78. The molecule has 2 aliphatic rings. The Morgan fingerprint density at radius 1 is 1.21 bits per heavy atom. The second-order valence-corrected chi connectivity index (χ2v) is 9.48. The van der Waals surface area contributed by atoms with Gasteiger partial charge in [0, 0.05) is 44.3 Å². The number of fused-ring (bicyclic) bond motifs is 1. The highest BCUT2D eigenvalue weighted by Gasteiger charge is 2.33. The smallest absolute Gasteiger partial charge is 0.380 e. The van der Waals surface area contributed by atoms with E-state index in [1.54, 1.807) is 12.1 Å². The third-order valence-electron chi connectivity index (χ3n) is 6.67. The minimum absolute atomic E-state index is 0.0735. The first-order valence-corrected chi connectivity index (χ1v) is 12.7. The van der Waals surface area contributed by atoms with Gasteiger partial charge >= 0.3 is 6.18 Å². The molecule has 204 valence electrons. The molecule has 2 aromatic rings. The Kier molecular flexibility index (Phi) is 8.91.